The molecule has 0 saturated carbocycles. The minimum absolute atomic E-state index is 0.109. The van der Waals surface area contributed by atoms with E-state index in [1.54, 1.807) is 24.3 Å². The predicted molar refractivity (Wildman–Crippen MR) is 138 cm³/mol. The highest BCUT2D eigenvalue weighted by molar-refractivity contribution is 6.35. The zero-order chi connectivity index (χ0) is 27.3. The van der Waals surface area contributed by atoms with Crippen LogP contribution in [0.25, 0.3) is 10.9 Å². The van der Waals surface area contributed by atoms with Crippen LogP contribution in [0.5, 0.6) is 0 Å². The number of pyridine rings is 1. The summed E-state index contributed by atoms with van der Waals surface area (Å²) in [7, 11) is 3.97. The molecular weight excluding hydrogens is 523 g/mol. The number of carbonyl (C=O) groups is 1. The second-order valence-electron chi connectivity index (χ2n) is 9.13. The van der Waals surface area contributed by atoms with Gasteiger partial charge in [0, 0.05) is 56.1 Å². The summed E-state index contributed by atoms with van der Waals surface area (Å²) in [6.45, 7) is 3.69. The van der Waals surface area contributed by atoms with E-state index < -0.39 is 23.9 Å². The van der Waals surface area contributed by atoms with Gasteiger partial charge in [0.2, 0.25) is 5.82 Å². The summed E-state index contributed by atoms with van der Waals surface area (Å²) in [6.07, 6.45) is -2.33. The first-order chi connectivity index (χ1) is 18.1. The molecule has 0 spiro atoms. The number of aromatic nitrogens is 3. The Balaban J connectivity index is 1.54. The SMILES string of the molecule is CN(C)CCNc1ccc2c(C(=O)NCC(c3cnc(C(F)(F)F)nc3)N3CCOCC3)c(Cl)ccc2n1. The maximum Gasteiger partial charge on any atom is 0.451 e. The average molecular weight is 552 g/mol. The quantitative estimate of drug-likeness (QED) is 0.417. The largest absolute Gasteiger partial charge is 0.451 e. The molecule has 0 aliphatic carbocycles. The Hall–Kier alpha value is -3.06. The van der Waals surface area contributed by atoms with Crippen molar-refractivity contribution in [1.82, 2.24) is 30.1 Å². The molecule has 13 heteroatoms. The van der Waals surface area contributed by atoms with E-state index in [1.807, 2.05) is 19.0 Å². The molecule has 1 unspecified atom stereocenters. The number of nitrogens with one attached hydrogen (secondary N) is 2. The van der Waals surface area contributed by atoms with Crippen molar-refractivity contribution in [2.75, 3.05) is 65.3 Å². The molecule has 1 aliphatic rings. The van der Waals surface area contributed by atoms with Crippen molar-refractivity contribution in [1.29, 1.82) is 0 Å². The van der Waals surface area contributed by atoms with Gasteiger partial charge in [0.1, 0.15) is 5.82 Å². The van der Waals surface area contributed by atoms with Gasteiger partial charge in [-0.05, 0) is 38.4 Å². The van der Waals surface area contributed by atoms with Crippen LogP contribution in [0.2, 0.25) is 5.02 Å². The molecule has 1 aliphatic heterocycles. The predicted octanol–water partition coefficient (Wildman–Crippen LogP) is 3.47. The number of amides is 1. The Kier molecular flexibility index (Phi) is 8.98. The van der Waals surface area contributed by atoms with E-state index in [9.17, 15) is 18.0 Å². The molecule has 0 radical (unpaired) electrons. The third-order valence-corrected chi connectivity index (χ3v) is 6.48. The molecule has 2 N–H and O–H groups in total. The fourth-order valence-corrected chi connectivity index (χ4v) is 4.45. The second-order valence-corrected chi connectivity index (χ2v) is 9.53. The Bertz CT molecular complexity index is 1250. The topological polar surface area (TPSA) is 95.5 Å². The molecule has 38 heavy (non-hydrogen) atoms. The van der Waals surface area contributed by atoms with Crippen molar-refractivity contribution in [2.24, 2.45) is 0 Å². The fraction of sp³-hybridized carbons (Fsp3) is 0.440. The van der Waals surface area contributed by atoms with Crippen molar-refractivity contribution in [2.45, 2.75) is 12.2 Å². The van der Waals surface area contributed by atoms with Crippen molar-refractivity contribution in [3.05, 3.63) is 58.6 Å². The van der Waals surface area contributed by atoms with Gasteiger partial charge in [0.15, 0.2) is 0 Å². The molecule has 1 amide bonds. The number of ether oxygens (including phenoxy) is 1. The van der Waals surface area contributed by atoms with Gasteiger partial charge in [-0.15, -0.1) is 0 Å². The Morgan fingerprint density at radius 1 is 1.16 bits per heavy atom. The third-order valence-electron chi connectivity index (χ3n) is 6.17. The number of morpholine rings is 1. The normalized spacial score (nSPS) is 15.6. The zero-order valence-electron chi connectivity index (χ0n) is 21.1. The molecule has 1 atom stereocenters. The van der Waals surface area contributed by atoms with Crippen LogP contribution in [0, 0.1) is 0 Å². The summed E-state index contributed by atoms with van der Waals surface area (Å²) >= 11 is 6.43. The highest BCUT2D eigenvalue weighted by Crippen LogP contribution is 2.29. The highest BCUT2D eigenvalue weighted by Gasteiger charge is 2.35. The van der Waals surface area contributed by atoms with E-state index in [-0.39, 0.29) is 17.1 Å². The molecule has 3 aromatic rings. The van der Waals surface area contributed by atoms with Crippen molar-refractivity contribution < 1.29 is 22.7 Å². The molecule has 204 valence electrons. The van der Waals surface area contributed by atoms with Gasteiger partial charge in [-0.1, -0.05) is 11.6 Å². The van der Waals surface area contributed by atoms with Crippen LogP contribution in [0.3, 0.4) is 0 Å². The average Bonchev–Trinajstić information content (AvgIpc) is 2.89. The van der Waals surface area contributed by atoms with Gasteiger partial charge in [0.05, 0.1) is 35.4 Å². The first kappa shape index (κ1) is 28.0. The number of alkyl halides is 3. The second kappa shape index (κ2) is 12.2. The van der Waals surface area contributed by atoms with Crippen LogP contribution >= 0.6 is 11.6 Å². The molecule has 1 aromatic carbocycles. The number of fused-ring (bicyclic) bond motifs is 1. The molecule has 3 heterocycles. The van der Waals surface area contributed by atoms with Gasteiger partial charge in [0.25, 0.3) is 5.91 Å². The minimum atomic E-state index is -4.64. The number of carbonyl (C=O) groups excluding carboxylic acids is 1. The van der Waals surface area contributed by atoms with Gasteiger partial charge in [-0.2, -0.15) is 13.2 Å². The molecule has 1 fully saturated rings. The molecule has 1 saturated heterocycles. The monoisotopic (exact) mass is 551 g/mol. The van der Waals surface area contributed by atoms with Gasteiger partial charge in [-0.25, -0.2) is 15.0 Å². The summed E-state index contributed by atoms with van der Waals surface area (Å²) in [6, 6.07) is 6.51. The summed E-state index contributed by atoms with van der Waals surface area (Å²) in [4.78, 5) is 29.0. The maximum atomic E-state index is 13.3. The highest BCUT2D eigenvalue weighted by atomic mass is 35.5. The zero-order valence-corrected chi connectivity index (χ0v) is 21.8. The van der Waals surface area contributed by atoms with E-state index in [0.29, 0.717) is 55.1 Å². The van der Waals surface area contributed by atoms with Crippen LogP contribution in [0.4, 0.5) is 19.0 Å². The van der Waals surface area contributed by atoms with Crippen LogP contribution in [0.1, 0.15) is 27.8 Å². The summed E-state index contributed by atoms with van der Waals surface area (Å²) in [5.41, 5.74) is 1.34. The Morgan fingerprint density at radius 2 is 1.87 bits per heavy atom. The Morgan fingerprint density at radius 3 is 2.53 bits per heavy atom. The lowest BCUT2D eigenvalue weighted by atomic mass is 10.1. The Labute approximate surface area is 223 Å². The lowest BCUT2D eigenvalue weighted by Gasteiger charge is -2.34. The molecule has 0 bridgehead atoms. The molecule has 2 aromatic heterocycles. The van der Waals surface area contributed by atoms with Gasteiger partial charge < -0.3 is 20.3 Å². The van der Waals surface area contributed by atoms with Crippen LogP contribution in [0.15, 0.2) is 36.7 Å². The van der Waals surface area contributed by atoms with Crippen LogP contribution < -0.4 is 10.6 Å². The van der Waals surface area contributed by atoms with Crippen LogP contribution in [-0.4, -0.2) is 90.7 Å². The molecule has 4 rings (SSSR count). The van der Waals surface area contributed by atoms with Gasteiger partial charge in [-0.3, -0.25) is 9.69 Å². The van der Waals surface area contributed by atoms with Crippen molar-refractivity contribution >= 4 is 34.2 Å². The molecule has 9 nitrogen and oxygen atoms in total. The number of likely N-dealkylation sites (N-methyl/N-ethyl adjacent to an activating group) is 1. The third kappa shape index (κ3) is 6.87. The van der Waals surface area contributed by atoms with Crippen molar-refractivity contribution in [3.8, 4) is 0 Å². The number of nitrogens with zero attached hydrogens (tertiary/aromatic N) is 5. The standard InChI is InChI=1S/C25H29ClF3N7O2/c1-35(2)8-7-30-21-6-3-17-19(34-21)5-4-18(26)22(17)23(37)31-15-20(36-9-11-38-12-10-36)16-13-32-24(33-14-16)25(27,28)29/h3-6,13-14,20H,7-12,15H2,1-2H3,(H,30,34)(H,31,37). The number of halogens is 4. The van der Waals surface area contributed by atoms with E-state index in [0.717, 1.165) is 18.9 Å². The first-order valence-corrected chi connectivity index (χ1v) is 12.5. The number of rotatable bonds is 9. The first-order valence-electron chi connectivity index (χ1n) is 12.1. The van der Waals surface area contributed by atoms with Crippen molar-refractivity contribution in [3.63, 3.8) is 0 Å². The maximum absolute atomic E-state index is 13.3. The minimum Gasteiger partial charge on any atom is -0.379 e. The fourth-order valence-electron chi connectivity index (χ4n) is 4.20. The number of hydrogen-bond acceptors (Lipinski definition) is 8. The van der Waals surface area contributed by atoms with Crippen LogP contribution in [-0.2, 0) is 10.9 Å². The van der Waals surface area contributed by atoms with Gasteiger partial charge >= 0.3 is 6.18 Å². The number of hydrogen-bond donors (Lipinski definition) is 2. The molecular formula is C25H29ClF3N7O2. The van der Waals surface area contributed by atoms with E-state index in [1.165, 1.54) is 0 Å². The lowest BCUT2D eigenvalue weighted by molar-refractivity contribution is -0.145. The summed E-state index contributed by atoms with van der Waals surface area (Å²) in [5.74, 6) is -0.943. The summed E-state index contributed by atoms with van der Waals surface area (Å²) in [5, 5.41) is 7.02. The summed E-state index contributed by atoms with van der Waals surface area (Å²) < 4.78 is 44.3. The number of benzene rings is 1. The van der Waals surface area contributed by atoms with E-state index in [4.69, 9.17) is 16.3 Å². The lowest BCUT2D eigenvalue weighted by Crippen LogP contribution is -2.44. The number of anilines is 1. The van der Waals surface area contributed by atoms with E-state index >= 15 is 0 Å². The smallest absolute Gasteiger partial charge is 0.379 e. The van der Waals surface area contributed by atoms with E-state index in [2.05, 4.69) is 30.5 Å².